The molecule has 4 rings (SSSR count). The lowest BCUT2D eigenvalue weighted by molar-refractivity contribution is -0.126. The number of carbonyl (C=O) groups excluding carboxylic acids is 1. The van der Waals surface area contributed by atoms with E-state index in [-0.39, 0.29) is 11.8 Å². The van der Waals surface area contributed by atoms with Gasteiger partial charge in [-0.3, -0.25) is 4.79 Å². The molecule has 0 radical (unpaired) electrons. The number of methoxy groups -OCH3 is 1. The summed E-state index contributed by atoms with van der Waals surface area (Å²) in [5.74, 6) is 4.44. The lowest BCUT2D eigenvalue weighted by atomic mass is 9.69. The van der Waals surface area contributed by atoms with Gasteiger partial charge in [-0.2, -0.15) is 0 Å². The smallest absolute Gasteiger partial charge is 0.223 e. The molecule has 1 heterocycles. The predicted molar refractivity (Wildman–Crippen MR) is 130 cm³/mol. The molecule has 2 aliphatic carbocycles. The fraction of sp³-hybridized carbons (Fsp3) is 0.630. The van der Waals surface area contributed by atoms with Crippen molar-refractivity contribution in [3.8, 4) is 5.75 Å². The number of aromatic amines is 1. The van der Waals surface area contributed by atoms with Crippen molar-refractivity contribution < 1.29 is 9.53 Å². The Labute approximate surface area is 192 Å². The summed E-state index contributed by atoms with van der Waals surface area (Å²) < 4.78 is 5.34. The molecule has 2 N–H and O–H groups in total. The maximum Gasteiger partial charge on any atom is 0.223 e. The first-order valence-electron chi connectivity index (χ1n) is 12.4. The zero-order valence-corrected chi connectivity index (χ0v) is 20.1. The van der Waals surface area contributed by atoms with Crippen molar-refractivity contribution in [2.75, 3.05) is 13.7 Å². The number of carbonyl (C=O) groups is 1. The SMILES string of the molecule is COc1ccc2nc(CC3CC(C(C)C)C(CNC(=O)C4CCCCC4)C=C3C)[nH]c2c1. The van der Waals surface area contributed by atoms with Gasteiger partial charge < -0.3 is 15.0 Å². The zero-order chi connectivity index (χ0) is 22.7. The molecular formula is C27H39N3O2. The number of nitrogens with zero attached hydrogens (tertiary/aromatic N) is 1. The van der Waals surface area contributed by atoms with Gasteiger partial charge in [-0.15, -0.1) is 0 Å². The van der Waals surface area contributed by atoms with Crippen LogP contribution in [0.25, 0.3) is 11.0 Å². The third kappa shape index (κ3) is 5.19. The Bertz CT molecular complexity index is 955. The molecule has 5 heteroatoms. The minimum absolute atomic E-state index is 0.231. The summed E-state index contributed by atoms with van der Waals surface area (Å²) in [7, 11) is 1.69. The van der Waals surface area contributed by atoms with Crippen LogP contribution in [-0.4, -0.2) is 29.5 Å². The monoisotopic (exact) mass is 437 g/mol. The molecule has 0 spiro atoms. The first kappa shape index (κ1) is 22.9. The number of allylic oxidation sites excluding steroid dienone is 1. The van der Waals surface area contributed by atoms with Crippen LogP contribution >= 0.6 is 0 Å². The number of hydrogen-bond acceptors (Lipinski definition) is 3. The van der Waals surface area contributed by atoms with Gasteiger partial charge in [0.05, 0.1) is 18.1 Å². The molecule has 32 heavy (non-hydrogen) atoms. The fourth-order valence-electron chi connectivity index (χ4n) is 5.73. The molecule has 1 saturated carbocycles. The number of aromatic nitrogens is 2. The van der Waals surface area contributed by atoms with E-state index in [1.54, 1.807) is 7.11 Å². The second kappa shape index (κ2) is 10.1. The number of nitrogens with one attached hydrogen (secondary N) is 2. The van der Waals surface area contributed by atoms with Crippen LogP contribution in [0.5, 0.6) is 5.75 Å². The highest BCUT2D eigenvalue weighted by Crippen LogP contribution is 2.39. The highest BCUT2D eigenvalue weighted by atomic mass is 16.5. The third-order valence-corrected chi connectivity index (χ3v) is 7.75. The molecule has 2 aromatic rings. The molecule has 1 aromatic carbocycles. The summed E-state index contributed by atoms with van der Waals surface area (Å²) in [5.41, 5.74) is 3.44. The summed E-state index contributed by atoms with van der Waals surface area (Å²) >= 11 is 0. The number of fused-ring (bicyclic) bond motifs is 1. The van der Waals surface area contributed by atoms with Gasteiger partial charge in [0.15, 0.2) is 0 Å². The normalized spacial score (nSPS) is 24.5. The molecule has 3 atom stereocenters. The van der Waals surface area contributed by atoms with Crippen LogP contribution in [-0.2, 0) is 11.2 Å². The van der Waals surface area contributed by atoms with Crippen LogP contribution in [0.3, 0.4) is 0 Å². The molecule has 0 aliphatic heterocycles. The van der Waals surface area contributed by atoms with Crippen molar-refractivity contribution in [1.82, 2.24) is 15.3 Å². The standard InChI is InChI=1S/C27H39N3O2/c1-17(2)23-13-20(14-26-29-24-11-10-22(32-4)15-25(24)30-26)18(3)12-21(23)16-28-27(31)19-8-6-5-7-9-19/h10-12,15,17,19-21,23H,5-9,13-14,16H2,1-4H3,(H,28,31)(H,29,30). The molecular weight excluding hydrogens is 398 g/mol. The maximum absolute atomic E-state index is 12.7. The Morgan fingerprint density at radius 2 is 2.03 bits per heavy atom. The summed E-state index contributed by atoms with van der Waals surface area (Å²) in [5, 5.41) is 3.31. The van der Waals surface area contributed by atoms with E-state index in [1.807, 2.05) is 18.2 Å². The van der Waals surface area contributed by atoms with E-state index in [1.165, 1.54) is 24.8 Å². The molecule has 1 fully saturated rings. The Hall–Kier alpha value is -2.30. The van der Waals surface area contributed by atoms with Gasteiger partial charge >= 0.3 is 0 Å². The molecule has 1 aromatic heterocycles. The number of amides is 1. The average molecular weight is 438 g/mol. The topological polar surface area (TPSA) is 67.0 Å². The highest BCUT2D eigenvalue weighted by molar-refractivity contribution is 5.78. The number of hydrogen-bond donors (Lipinski definition) is 2. The van der Waals surface area contributed by atoms with Crippen LogP contribution in [0, 0.1) is 29.6 Å². The minimum atomic E-state index is 0.231. The van der Waals surface area contributed by atoms with Crippen LogP contribution in [0.4, 0.5) is 0 Å². The van der Waals surface area contributed by atoms with E-state index >= 15 is 0 Å². The van der Waals surface area contributed by atoms with Gasteiger partial charge in [-0.25, -0.2) is 4.98 Å². The van der Waals surface area contributed by atoms with Crippen LogP contribution in [0.2, 0.25) is 0 Å². The van der Waals surface area contributed by atoms with E-state index in [9.17, 15) is 4.79 Å². The Morgan fingerprint density at radius 3 is 2.75 bits per heavy atom. The number of ether oxygens (including phenoxy) is 1. The van der Waals surface area contributed by atoms with Crippen molar-refractivity contribution >= 4 is 16.9 Å². The van der Waals surface area contributed by atoms with Crippen molar-refractivity contribution in [2.24, 2.45) is 29.6 Å². The second-order valence-electron chi connectivity index (χ2n) is 10.3. The number of rotatable bonds is 7. The minimum Gasteiger partial charge on any atom is -0.497 e. The maximum atomic E-state index is 12.7. The van der Waals surface area contributed by atoms with Crippen LogP contribution in [0.15, 0.2) is 29.8 Å². The predicted octanol–water partition coefficient (Wildman–Crippen LogP) is 5.67. The van der Waals surface area contributed by atoms with Gasteiger partial charge in [0, 0.05) is 24.9 Å². The fourth-order valence-corrected chi connectivity index (χ4v) is 5.73. The Kier molecular flexibility index (Phi) is 7.22. The van der Waals surface area contributed by atoms with Gasteiger partial charge in [-0.1, -0.05) is 44.8 Å². The summed E-state index contributed by atoms with van der Waals surface area (Å²) in [6.07, 6.45) is 10.3. The first-order valence-corrected chi connectivity index (χ1v) is 12.4. The lowest BCUT2D eigenvalue weighted by Gasteiger charge is -2.37. The number of imidazole rings is 1. The quantitative estimate of drug-likeness (QED) is 0.549. The van der Waals surface area contributed by atoms with E-state index in [0.717, 1.165) is 54.8 Å². The van der Waals surface area contributed by atoms with Crippen LogP contribution in [0.1, 0.15) is 65.1 Å². The van der Waals surface area contributed by atoms with Crippen molar-refractivity contribution in [2.45, 2.75) is 65.7 Å². The zero-order valence-electron chi connectivity index (χ0n) is 20.1. The lowest BCUT2D eigenvalue weighted by Crippen LogP contribution is -2.39. The highest BCUT2D eigenvalue weighted by Gasteiger charge is 2.33. The van der Waals surface area contributed by atoms with Gasteiger partial charge in [0.2, 0.25) is 5.91 Å². The largest absolute Gasteiger partial charge is 0.497 e. The van der Waals surface area contributed by atoms with E-state index in [2.05, 4.69) is 37.1 Å². The van der Waals surface area contributed by atoms with E-state index in [0.29, 0.717) is 23.7 Å². The average Bonchev–Trinajstić information content (AvgIpc) is 3.20. The molecule has 174 valence electrons. The Balaban J connectivity index is 1.43. The van der Waals surface area contributed by atoms with Crippen molar-refractivity contribution in [3.05, 3.63) is 35.7 Å². The second-order valence-corrected chi connectivity index (χ2v) is 10.3. The van der Waals surface area contributed by atoms with Crippen LogP contribution < -0.4 is 10.1 Å². The van der Waals surface area contributed by atoms with Gasteiger partial charge in [-0.05, 0) is 62.0 Å². The van der Waals surface area contributed by atoms with Gasteiger partial charge in [0.25, 0.3) is 0 Å². The molecule has 3 unspecified atom stereocenters. The summed E-state index contributed by atoms with van der Waals surface area (Å²) in [6, 6.07) is 5.98. The molecule has 1 amide bonds. The van der Waals surface area contributed by atoms with Gasteiger partial charge in [0.1, 0.15) is 11.6 Å². The molecule has 0 saturated heterocycles. The molecule has 2 aliphatic rings. The van der Waals surface area contributed by atoms with Crippen molar-refractivity contribution in [3.63, 3.8) is 0 Å². The van der Waals surface area contributed by atoms with E-state index in [4.69, 9.17) is 9.72 Å². The summed E-state index contributed by atoms with van der Waals surface area (Å²) in [6.45, 7) is 7.66. The van der Waals surface area contributed by atoms with E-state index < -0.39 is 0 Å². The first-order chi connectivity index (χ1) is 15.4. The third-order valence-electron chi connectivity index (χ3n) is 7.75. The number of benzene rings is 1. The number of H-pyrrole nitrogens is 1. The summed E-state index contributed by atoms with van der Waals surface area (Å²) in [4.78, 5) is 21.0. The van der Waals surface area contributed by atoms with Crippen molar-refractivity contribution in [1.29, 1.82) is 0 Å². The molecule has 5 nitrogen and oxygen atoms in total. The molecule has 0 bridgehead atoms. The Morgan fingerprint density at radius 1 is 1.25 bits per heavy atom.